The number of aromatic nitrogens is 4. The Morgan fingerprint density at radius 1 is 1.10 bits per heavy atom. The van der Waals surface area contributed by atoms with E-state index in [1.165, 1.54) is 12.4 Å². The SMILES string of the molecule is O=C(CO)Nc1cnc(NC[C@H]2CC[C@H](Nc3ccc4ccnc(Cl)c4n3)CC2)nc1. The van der Waals surface area contributed by atoms with Crippen LogP contribution in [-0.2, 0) is 4.79 Å². The smallest absolute Gasteiger partial charge is 0.250 e. The highest BCUT2D eigenvalue weighted by molar-refractivity contribution is 6.33. The highest BCUT2D eigenvalue weighted by atomic mass is 35.5. The minimum Gasteiger partial charge on any atom is -0.387 e. The number of rotatable bonds is 7. The highest BCUT2D eigenvalue weighted by Gasteiger charge is 2.21. The number of amides is 1. The van der Waals surface area contributed by atoms with E-state index in [-0.39, 0.29) is 0 Å². The Balaban J connectivity index is 1.24. The normalized spacial score (nSPS) is 18.5. The van der Waals surface area contributed by atoms with Crippen LogP contribution in [0.3, 0.4) is 0 Å². The second-order valence-corrected chi connectivity index (χ2v) is 7.97. The molecular weight excluding hydrogens is 418 g/mol. The summed E-state index contributed by atoms with van der Waals surface area (Å²) in [6, 6.07) is 6.27. The lowest BCUT2D eigenvalue weighted by Crippen LogP contribution is -2.29. The summed E-state index contributed by atoms with van der Waals surface area (Å²) in [7, 11) is 0. The second kappa shape index (κ2) is 9.84. The molecule has 0 aromatic carbocycles. The van der Waals surface area contributed by atoms with Gasteiger partial charge in [0.25, 0.3) is 0 Å². The molecule has 1 fully saturated rings. The van der Waals surface area contributed by atoms with Crippen LogP contribution in [0.2, 0.25) is 5.15 Å². The molecule has 9 nitrogen and oxygen atoms in total. The predicted octanol–water partition coefficient (Wildman–Crippen LogP) is 3.09. The highest BCUT2D eigenvalue weighted by Crippen LogP contribution is 2.27. The zero-order chi connectivity index (χ0) is 21.6. The van der Waals surface area contributed by atoms with E-state index < -0.39 is 12.5 Å². The van der Waals surface area contributed by atoms with Gasteiger partial charge in [0.1, 0.15) is 17.9 Å². The fourth-order valence-corrected chi connectivity index (χ4v) is 3.94. The van der Waals surface area contributed by atoms with Crippen LogP contribution >= 0.6 is 11.6 Å². The van der Waals surface area contributed by atoms with E-state index in [2.05, 4.69) is 35.9 Å². The fourth-order valence-electron chi connectivity index (χ4n) is 3.73. The van der Waals surface area contributed by atoms with Gasteiger partial charge in [-0.3, -0.25) is 4.79 Å². The summed E-state index contributed by atoms with van der Waals surface area (Å²) in [4.78, 5) is 28.3. The van der Waals surface area contributed by atoms with E-state index in [0.29, 0.717) is 34.3 Å². The number of anilines is 3. The summed E-state index contributed by atoms with van der Waals surface area (Å²) in [6.45, 7) is 0.226. The lowest BCUT2D eigenvalue weighted by atomic mass is 9.86. The van der Waals surface area contributed by atoms with E-state index in [1.54, 1.807) is 6.20 Å². The first-order valence-corrected chi connectivity index (χ1v) is 10.6. The molecule has 0 saturated heterocycles. The maximum absolute atomic E-state index is 11.2. The van der Waals surface area contributed by atoms with E-state index in [9.17, 15) is 4.79 Å². The van der Waals surface area contributed by atoms with Crippen molar-refractivity contribution in [2.45, 2.75) is 31.7 Å². The minimum atomic E-state index is -0.570. The number of nitrogens with one attached hydrogen (secondary N) is 3. The van der Waals surface area contributed by atoms with Crippen molar-refractivity contribution in [1.29, 1.82) is 0 Å². The number of carbonyl (C=O) groups is 1. The van der Waals surface area contributed by atoms with Gasteiger partial charge in [0.2, 0.25) is 11.9 Å². The molecule has 0 bridgehead atoms. The lowest BCUT2D eigenvalue weighted by molar-refractivity contribution is -0.118. The van der Waals surface area contributed by atoms with Crippen LogP contribution in [0.4, 0.5) is 17.5 Å². The number of fused-ring (bicyclic) bond motifs is 1. The molecule has 10 heteroatoms. The molecule has 1 saturated carbocycles. The quantitative estimate of drug-likeness (QED) is 0.412. The van der Waals surface area contributed by atoms with Crippen molar-refractivity contribution in [3.8, 4) is 0 Å². The van der Waals surface area contributed by atoms with Crippen molar-refractivity contribution in [2.24, 2.45) is 5.92 Å². The van der Waals surface area contributed by atoms with Crippen LogP contribution in [0.15, 0.2) is 36.8 Å². The summed E-state index contributed by atoms with van der Waals surface area (Å²) in [5, 5.41) is 19.4. The molecule has 4 N–H and O–H groups in total. The number of halogens is 1. The van der Waals surface area contributed by atoms with Crippen molar-refractivity contribution in [3.63, 3.8) is 0 Å². The fraction of sp³-hybridized carbons (Fsp3) is 0.381. The minimum absolute atomic E-state index is 0.377. The van der Waals surface area contributed by atoms with Crippen LogP contribution in [0.1, 0.15) is 25.7 Å². The third-order valence-electron chi connectivity index (χ3n) is 5.39. The van der Waals surface area contributed by atoms with E-state index in [4.69, 9.17) is 16.7 Å². The Hall–Kier alpha value is -3.04. The van der Waals surface area contributed by atoms with Gasteiger partial charge < -0.3 is 21.1 Å². The predicted molar refractivity (Wildman–Crippen MR) is 120 cm³/mol. The van der Waals surface area contributed by atoms with Crippen molar-refractivity contribution in [2.75, 3.05) is 29.1 Å². The maximum atomic E-state index is 11.2. The number of hydrogen-bond donors (Lipinski definition) is 4. The Bertz CT molecular complexity index is 1040. The summed E-state index contributed by atoms with van der Waals surface area (Å²) >= 11 is 6.17. The molecular formula is C21H24ClN7O2. The van der Waals surface area contributed by atoms with E-state index >= 15 is 0 Å². The summed E-state index contributed by atoms with van der Waals surface area (Å²) in [5.41, 5.74) is 1.17. The largest absolute Gasteiger partial charge is 0.387 e. The first kappa shape index (κ1) is 21.2. The Morgan fingerprint density at radius 2 is 1.87 bits per heavy atom. The number of aliphatic hydroxyl groups is 1. The average molecular weight is 442 g/mol. The molecule has 4 rings (SSSR count). The zero-order valence-electron chi connectivity index (χ0n) is 16.9. The van der Waals surface area contributed by atoms with Crippen molar-refractivity contribution in [3.05, 3.63) is 41.9 Å². The van der Waals surface area contributed by atoms with E-state index in [1.807, 2.05) is 18.2 Å². The topological polar surface area (TPSA) is 125 Å². The lowest BCUT2D eigenvalue weighted by Gasteiger charge is -2.29. The molecule has 3 aromatic rings. The molecule has 0 aliphatic heterocycles. The van der Waals surface area contributed by atoms with Crippen molar-refractivity contribution < 1.29 is 9.90 Å². The van der Waals surface area contributed by atoms with Crippen molar-refractivity contribution >= 4 is 45.9 Å². The number of nitrogens with zero attached hydrogens (tertiary/aromatic N) is 4. The second-order valence-electron chi connectivity index (χ2n) is 7.61. The van der Waals surface area contributed by atoms with Gasteiger partial charge in [-0.1, -0.05) is 11.6 Å². The molecule has 162 valence electrons. The van der Waals surface area contributed by atoms with Gasteiger partial charge in [-0.25, -0.2) is 19.9 Å². The Labute approximate surface area is 184 Å². The number of carbonyl (C=O) groups excluding carboxylic acids is 1. The van der Waals surface area contributed by atoms with Gasteiger partial charge in [0.05, 0.1) is 18.1 Å². The number of pyridine rings is 2. The molecule has 0 unspecified atom stereocenters. The van der Waals surface area contributed by atoms with Gasteiger partial charge in [-0.2, -0.15) is 0 Å². The van der Waals surface area contributed by atoms with Crippen LogP contribution in [0.25, 0.3) is 10.9 Å². The molecule has 1 aliphatic carbocycles. The third-order valence-corrected chi connectivity index (χ3v) is 5.67. The van der Waals surface area contributed by atoms with Crippen LogP contribution < -0.4 is 16.0 Å². The van der Waals surface area contributed by atoms with Gasteiger partial charge in [-0.15, -0.1) is 0 Å². The van der Waals surface area contributed by atoms with Crippen molar-refractivity contribution in [1.82, 2.24) is 19.9 Å². The number of hydrogen-bond acceptors (Lipinski definition) is 8. The maximum Gasteiger partial charge on any atom is 0.250 e. The molecule has 0 atom stereocenters. The van der Waals surface area contributed by atoms with Crippen LogP contribution in [0, 0.1) is 5.92 Å². The molecule has 1 aliphatic rings. The van der Waals surface area contributed by atoms with Crippen LogP contribution in [-0.4, -0.2) is 50.1 Å². The summed E-state index contributed by atoms with van der Waals surface area (Å²) in [5.74, 6) is 1.39. The van der Waals surface area contributed by atoms with Gasteiger partial charge in [-0.05, 0) is 49.8 Å². The Kier molecular flexibility index (Phi) is 6.73. The Morgan fingerprint density at radius 3 is 2.61 bits per heavy atom. The summed E-state index contributed by atoms with van der Waals surface area (Å²) in [6.07, 6.45) is 9.00. The molecule has 31 heavy (non-hydrogen) atoms. The molecule has 1 amide bonds. The van der Waals surface area contributed by atoms with Gasteiger partial charge in [0, 0.05) is 24.2 Å². The van der Waals surface area contributed by atoms with E-state index in [0.717, 1.165) is 43.4 Å². The average Bonchev–Trinajstić information content (AvgIpc) is 2.80. The standard InChI is InChI=1S/C21H24ClN7O2/c22-20-19-14(7-8-23-20)3-6-17(29-19)27-15-4-1-13(2-5-15)9-24-21-25-10-16(11-26-21)28-18(31)12-30/h3,6-8,10-11,13,15,30H,1-2,4-5,9,12H2,(H,27,29)(H,28,31)(H,24,25,26)/t13-,15-. The molecule has 3 heterocycles. The monoisotopic (exact) mass is 441 g/mol. The van der Waals surface area contributed by atoms with Crippen LogP contribution in [0.5, 0.6) is 0 Å². The molecule has 0 spiro atoms. The van der Waals surface area contributed by atoms with Gasteiger partial charge in [0.15, 0.2) is 5.15 Å². The van der Waals surface area contributed by atoms with Gasteiger partial charge >= 0.3 is 0 Å². The zero-order valence-corrected chi connectivity index (χ0v) is 17.6. The first-order valence-electron chi connectivity index (χ1n) is 10.2. The first-order chi connectivity index (χ1) is 15.1. The molecule has 3 aromatic heterocycles. The molecule has 0 radical (unpaired) electrons. The summed E-state index contributed by atoms with van der Waals surface area (Å²) < 4.78 is 0. The third kappa shape index (κ3) is 5.56. The number of aliphatic hydroxyl groups excluding tert-OH is 1.